The predicted molar refractivity (Wildman–Crippen MR) is 99.8 cm³/mol. The number of aliphatic hydroxyl groups is 1. The van der Waals surface area contributed by atoms with Gasteiger partial charge in [0, 0.05) is 31.1 Å². The van der Waals surface area contributed by atoms with E-state index in [9.17, 15) is 9.90 Å². The number of rotatable bonds is 4. The van der Waals surface area contributed by atoms with Crippen molar-refractivity contribution in [3.63, 3.8) is 0 Å². The molecule has 1 aromatic heterocycles. The van der Waals surface area contributed by atoms with Gasteiger partial charge in [0.15, 0.2) is 0 Å². The Balaban J connectivity index is 1.67. The number of esters is 1. The molecule has 1 unspecified atom stereocenters. The zero-order valence-corrected chi connectivity index (χ0v) is 15.0. The summed E-state index contributed by atoms with van der Waals surface area (Å²) in [4.78, 5) is 18.0. The zero-order valence-electron chi connectivity index (χ0n) is 15.0. The maximum absolute atomic E-state index is 11.3. The fraction of sp³-hybridized carbons (Fsp3) is 0.429. The Morgan fingerprint density at radius 1 is 1.46 bits per heavy atom. The molecule has 5 heteroatoms. The van der Waals surface area contributed by atoms with E-state index in [4.69, 9.17) is 4.74 Å². The summed E-state index contributed by atoms with van der Waals surface area (Å²) in [6.07, 6.45) is 5.35. The minimum Gasteiger partial charge on any atom is -0.427 e. The van der Waals surface area contributed by atoms with E-state index in [0.717, 1.165) is 36.0 Å². The summed E-state index contributed by atoms with van der Waals surface area (Å²) in [6.45, 7) is 7.34. The summed E-state index contributed by atoms with van der Waals surface area (Å²) in [7, 11) is 0. The Kier molecular flexibility index (Phi) is 4.51. The largest absolute Gasteiger partial charge is 0.427 e. The smallest absolute Gasteiger partial charge is 0.308 e. The number of carbonyl (C=O) groups is 1. The molecule has 26 heavy (non-hydrogen) atoms. The highest BCUT2D eigenvalue weighted by Crippen LogP contribution is 2.42. The third kappa shape index (κ3) is 3.02. The number of hydrogen-bond acceptors (Lipinski definition) is 5. The van der Waals surface area contributed by atoms with Crippen LogP contribution in [0, 0.1) is 11.8 Å². The summed E-state index contributed by atoms with van der Waals surface area (Å²) in [5.41, 5.74) is 1.63. The molecular formula is C21H24N2O3. The van der Waals surface area contributed by atoms with Gasteiger partial charge in [-0.3, -0.25) is 14.7 Å². The number of pyridine rings is 1. The number of nitrogens with zero attached hydrogens (tertiary/aromatic N) is 2. The molecule has 0 radical (unpaired) electrons. The van der Waals surface area contributed by atoms with Crippen LogP contribution in [0.25, 0.3) is 10.9 Å². The van der Waals surface area contributed by atoms with Crippen molar-refractivity contribution in [2.45, 2.75) is 31.9 Å². The van der Waals surface area contributed by atoms with E-state index in [0.29, 0.717) is 17.6 Å². The third-order valence-corrected chi connectivity index (χ3v) is 5.85. The quantitative estimate of drug-likeness (QED) is 0.520. The normalized spacial score (nSPS) is 28.7. The molecule has 5 nitrogen and oxygen atoms in total. The molecule has 5 atom stereocenters. The van der Waals surface area contributed by atoms with Gasteiger partial charge in [-0.25, -0.2) is 0 Å². The first kappa shape index (κ1) is 17.2. The van der Waals surface area contributed by atoms with E-state index < -0.39 is 6.10 Å². The molecule has 5 rings (SSSR count). The Morgan fingerprint density at radius 3 is 3.00 bits per heavy atom. The Labute approximate surface area is 153 Å². The number of hydrogen-bond donors (Lipinski definition) is 1. The van der Waals surface area contributed by atoms with Gasteiger partial charge in [-0.1, -0.05) is 6.08 Å². The molecule has 0 aliphatic carbocycles. The summed E-state index contributed by atoms with van der Waals surface area (Å²) in [5, 5.41) is 12.0. The van der Waals surface area contributed by atoms with Crippen LogP contribution >= 0.6 is 0 Å². The molecule has 136 valence electrons. The van der Waals surface area contributed by atoms with Gasteiger partial charge in [-0.05, 0) is 61.1 Å². The van der Waals surface area contributed by atoms with Crippen molar-refractivity contribution in [1.82, 2.24) is 9.88 Å². The third-order valence-electron chi connectivity index (χ3n) is 5.85. The lowest BCUT2D eigenvalue weighted by atomic mass is 9.73. The Bertz CT molecular complexity index is 850. The minimum atomic E-state index is -0.596. The molecule has 3 fully saturated rings. The number of piperidine rings is 3. The first-order valence-electron chi connectivity index (χ1n) is 9.18. The second kappa shape index (κ2) is 6.82. The number of benzene rings is 1. The highest BCUT2D eigenvalue weighted by atomic mass is 16.5. The fourth-order valence-electron chi connectivity index (χ4n) is 4.55. The van der Waals surface area contributed by atoms with Crippen molar-refractivity contribution < 1.29 is 14.6 Å². The molecule has 2 bridgehead atoms. The van der Waals surface area contributed by atoms with Crippen molar-refractivity contribution in [3.8, 4) is 5.75 Å². The molecule has 3 aliphatic rings. The zero-order chi connectivity index (χ0) is 18.3. The van der Waals surface area contributed by atoms with Crippen molar-refractivity contribution >= 4 is 16.9 Å². The molecule has 0 saturated carbocycles. The lowest BCUT2D eigenvalue weighted by Crippen LogP contribution is -2.54. The Hall–Kier alpha value is -2.24. The van der Waals surface area contributed by atoms with Gasteiger partial charge in [0.25, 0.3) is 0 Å². The van der Waals surface area contributed by atoms with Crippen LogP contribution in [0.4, 0.5) is 0 Å². The topological polar surface area (TPSA) is 62.7 Å². The summed E-state index contributed by atoms with van der Waals surface area (Å²) >= 11 is 0. The lowest BCUT2D eigenvalue weighted by Gasteiger charge is -2.50. The van der Waals surface area contributed by atoms with Crippen LogP contribution in [0.1, 0.15) is 31.4 Å². The summed E-state index contributed by atoms with van der Waals surface area (Å²) in [6, 6.07) is 7.33. The summed E-state index contributed by atoms with van der Waals surface area (Å²) < 4.78 is 5.21. The number of fused-ring (bicyclic) bond motifs is 4. The van der Waals surface area contributed by atoms with Gasteiger partial charge in [0.1, 0.15) is 5.75 Å². The molecule has 0 spiro atoms. The first-order chi connectivity index (χ1) is 12.6. The number of carbonyl (C=O) groups excluding carboxylic acids is 1. The molecule has 3 aliphatic heterocycles. The van der Waals surface area contributed by atoms with Crippen LogP contribution in [0.5, 0.6) is 5.75 Å². The van der Waals surface area contributed by atoms with E-state index in [1.165, 1.54) is 13.3 Å². The maximum Gasteiger partial charge on any atom is 0.308 e. The van der Waals surface area contributed by atoms with E-state index in [-0.39, 0.29) is 12.0 Å². The Morgan fingerprint density at radius 2 is 2.31 bits per heavy atom. The SMILES string of the molecule is C=C[C@H]1CN2CC[C@H]1C[C@@H]2[C@@H](O)c1ccnc2ccc(OC(C)=O)cc12. The molecule has 0 amide bonds. The predicted octanol–water partition coefficient (Wildman–Crippen LogP) is 3.09. The van der Waals surface area contributed by atoms with Crippen molar-refractivity contribution in [2.24, 2.45) is 11.8 Å². The molecular weight excluding hydrogens is 328 g/mol. The minimum absolute atomic E-state index is 0.105. The number of aliphatic hydroxyl groups excluding tert-OH is 1. The average molecular weight is 352 g/mol. The van der Waals surface area contributed by atoms with E-state index in [2.05, 4.69) is 22.5 Å². The average Bonchev–Trinajstić information content (AvgIpc) is 2.66. The monoisotopic (exact) mass is 352 g/mol. The first-order valence-corrected chi connectivity index (χ1v) is 9.18. The van der Waals surface area contributed by atoms with Crippen LogP contribution in [0.3, 0.4) is 0 Å². The van der Waals surface area contributed by atoms with Crippen LogP contribution in [-0.2, 0) is 4.79 Å². The van der Waals surface area contributed by atoms with Crippen molar-refractivity contribution in [2.75, 3.05) is 13.1 Å². The van der Waals surface area contributed by atoms with Crippen molar-refractivity contribution in [1.29, 1.82) is 0 Å². The molecule has 1 aromatic carbocycles. The molecule has 3 saturated heterocycles. The lowest BCUT2D eigenvalue weighted by molar-refractivity contribution is -0.131. The van der Waals surface area contributed by atoms with Gasteiger partial charge in [0.05, 0.1) is 11.6 Å². The van der Waals surface area contributed by atoms with Gasteiger partial charge >= 0.3 is 5.97 Å². The van der Waals surface area contributed by atoms with Gasteiger partial charge in [-0.2, -0.15) is 0 Å². The molecule has 2 aromatic rings. The second-order valence-corrected chi connectivity index (χ2v) is 7.36. The van der Waals surface area contributed by atoms with E-state index in [1.807, 2.05) is 12.1 Å². The van der Waals surface area contributed by atoms with Gasteiger partial charge < -0.3 is 9.84 Å². The highest BCUT2D eigenvalue weighted by molar-refractivity contribution is 5.84. The van der Waals surface area contributed by atoms with E-state index in [1.54, 1.807) is 18.3 Å². The van der Waals surface area contributed by atoms with Gasteiger partial charge in [0.2, 0.25) is 0 Å². The second-order valence-electron chi connectivity index (χ2n) is 7.36. The van der Waals surface area contributed by atoms with Crippen molar-refractivity contribution in [3.05, 3.63) is 48.7 Å². The molecule has 4 heterocycles. The van der Waals surface area contributed by atoms with Crippen LogP contribution in [0.15, 0.2) is 43.1 Å². The number of ether oxygens (including phenoxy) is 1. The fourth-order valence-corrected chi connectivity index (χ4v) is 4.55. The van der Waals surface area contributed by atoms with Crippen LogP contribution < -0.4 is 4.74 Å². The summed E-state index contributed by atoms with van der Waals surface area (Å²) in [5.74, 6) is 1.24. The number of aromatic nitrogens is 1. The standard InChI is InChI=1S/C21H24N2O3/c1-3-14-12-23-9-7-15(14)10-20(23)21(25)17-6-8-22-19-5-4-16(11-18(17)19)26-13(2)24/h3-6,8,11,14-15,20-21,25H,1,7,9-10,12H2,2H3/t14-,15-,20+,21-/m0/s1. The van der Waals surface area contributed by atoms with Gasteiger partial charge in [-0.15, -0.1) is 6.58 Å². The molecule has 1 N–H and O–H groups in total. The van der Waals surface area contributed by atoms with E-state index >= 15 is 0 Å². The highest BCUT2D eigenvalue weighted by Gasteiger charge is 2.42. The van der Waals surface area contributed by atoms with Crippen LogP contribution in [-0.4, -0.2) is 40.1 Å². The van der Waals surface area contributed by atoms with Crippen LogP contribution in [0.2, 0.25) is 0 Å². The maximum atomic E-state index is 11.3.